The van der Waals surface area contributed by atoms with Crippen molar-refractivity contribution >= 4 is 21.7 Å². The third-order valence-electron chi connectivity index (χ3n) is 3.82. The fraction of sp³-hybridized carbons (Fsp3) is 0.818. The first-order chi connectivity index (χ1) is 8.30. The van der Waals surface area contributed by atoms with Gasteiger partial charge in [-0.2, -0.15) is 0 Å². The number of nitrogens with zero attached hydrogens (tertiary/aromatic N) is 1. The molecule has 6 nitrogen and oxygen atoms in total. The molecular formula is C11H17NO5S. The molecule has 0 bridgehead atoms. The van der Waals surface area contributed by atoms with Gasteiger partial charge in [0.1, 0.15) is 0 Å². The molecule has 3 atom stereocenters. The highest BCUT2D eigenvalue weighted by atomic mass is 32.2. The van der Waals surface area contributed by atoms with Gasteiger partial charge in [0, 0.05) is 13.1 Å². The number of rotatable bonds is 2. The average molecular weight is 275 g/mol. The monoisotopic (exact) mass is 275 g/mol. The number of hydrogen-bond acceptors (Lipinski definition) is 4. The highest BCUT2D eigenvalue weighted by molar-refractivity contribution is 7.91. The summed E-state index contributed by atoms with van der Waals surface area (Å²) in [4.78, 5) is 24.6. The molecule has 102 valence electrons. The van der Waals surface area contributed by atoms with Crippen molar-refractivity contribution in [2.75, 3.05) is 24.6 Å². The molecule has 0 aromatic carbocycles. The molecule has 1 N–H and O–H groups in total. The van der Waals surface area contributed by atoms with Gasteiger partial charge in [-0.25, -0.2) is 8.42 Å². The number of carboxylic acids is 1. The third-order valence-corrected chi connectivity index (χ3v) is 5.59. The number of likely N-dealkylation sites (tertiary alicyclic amines) is 1. The molecule has 0 radical (unpaired) electrons. The zero-order chi connectivity index (χ0) is 13.5. The van der Waals surface area contributed by atoms with Gasteiger partial charge in [-0.3, -0.25) is 9.59 Å². The predicted octanol–water partition coefficient (Wildman–Crippen LogP) is -0.400. The summed E-state index contributed by atoms with van der Waals surface area (Å²) in [6, 6.07) is 0. The van der Waals surface area contributed by atoms with Crippen LogP contribution < -0.4 is 0 Å². The van der Waals surface area contributed by atoms with Crippen LogP contribution in [-0.4, -0.2) is 54.9 Å². The Hall–Kier alpha value is -1.11. The number of aliphatic carboxylic acids is 1. The lowest BCUT2D eigenvalue weighted by Gasteiger charge is -2.19. The van der Waals surface area contributed by atoms with Crippen LogP contribution in [0.3, 0.4) is 0 Å². The lowest BCUT2D eigenvalue weighted by Crippen LogP contribution is -2.35. The molecule has 1 amide bonds. The minimum absolute atomic E-state index is 0.0646. The van der Waals surface area contributed by atoms with E-state index in [2.05, 4.69) is 0 Å². The molecule has 0 saturated carbocycles. The van der Waals surface area contributed by atoms with Gasteiger partial charge >= 0.3 is 5.97 Å². The molecule has 0 spiro atoms. The van der Waals surface area contributed by atoms with Crippen LogP contribution in [0.2, 0.25) is 0 Å². The second kappa shape index (κ2) is 4.53. The molecule has 2 fully saturated rings. The fourth-order valence-corrected chi connectivity index (χ4v) is 4.45. The van der Waals surface area contributed by atoms with Crippen LogP contribution in [0.15, 0.2) is 0 Å². The number of carbonyl (C=O) groups is 2. The van der Waals surface area contributed by atoms with E-state index in [9.17, 15) is 18.0 Å². The molecule has 7 heteroatoms. The second-order valence-corrected chi connectivity index (χ2v) is 7.49. The summed E-state index contributed by atoms with van der Waals surface area (Å²) in [6.45, 7) is 2.41. The van der Waals surface area contributed by atoms with Gasteiger partial charge in [0.2, 0.25) is 5.91 Å². The van der Waals surface area contributed by atoms with Gasteiger partial charge in [0.25, 0.3) is 0 Å². The summed E-state index contributed by atoms with van der Waals surface area (Å²) in [5, 5.41) is 9.00. The van der Waals surface area contributed by atoms with Crippen molar-refractivity contribution in [3.05, 3.63) is 0 Å². The van der Waals surface area contributed by atoms with Gasteiger partial charge in [-0.05, 0) is 12.3 Å². The van der Waals surface area contributed by atoms with Gasteiger partial charge in [-0.1, -0.05) is 6.92 Å². The van der Waals surface area contributed by atoms with E-state index >= 15 is 0 Å². The first-order valence-electron chi connectivity index (χ1n) is 6.02. The topological polar surface area (TPSA) is 91.8 Å². The zero-order valence-electron chi connectivity index (χ0n) is 10.2. The van der Waals surface area contributed by atoms with E-state index < -0.39 is 27.6 Å². The van der Waals surface area contributed by atoms with Gasteiger partial charge in [0.05, 0.1) is 23.3 Å². The van der Waals surface area contributed by atoms with E-state index in [1.165, 1.54) is 4.90 Å². The van der Waals surface area contributed by atoms with Crippen LogP contribution in [-0.2, 0) is 19.4 Å². The Balaban J connectivity index is 2.02. The van der Waals surface area contributed by atoms with Gasteiger partial charge < -0.3 is 10.0 Å². The van der Waals surface area contributed by atoms with E-state index in [-0.39, 0.29) is 29.9 Å². The third kappa shape index (κ3) is 2.50. The molecule has 2 aliphatic rings. The molecule has 2 heterocycles. The summed E-state index contributed by atoms with van der Waals surface area (Å²) < 4.78 is 22.7. The summed E-state index contributed by atoms with van der Waals surface area (Å²) in [6.07, 6.45) is 0.365. The molecule has 0 aromatic heterocycles. The minimum Gasteiger partial charge on any atom is -0.481 e. The maximum Gasteiger partial charge on any atom is 0.308 e. The Bertz CT molecular complexity index is 472. The van der Waals surface area contributed by atoms with Crippen LogP contribution in [0.5, 0.6) is 0 Å². The molecule has 18 heavy (non-hydrogen) atoms. The molecule has 2 rings (SSSR count). The van der Waals surface area contributed by atoms with Gasteiger partial charge in [0.15, 0.2) is 9.84 Å². The van der Waals surface area contributed by atoms with Crippen LogP contribution >= 0.6 is 0 Å². The van der Waals surface area contributed by atoms with E-state index in [4.69, 9.17) is 5.11 Å². The number of carboxylic acid groups (broad SMARTS) is 1. The standard InChI is InChI=1S/C11H17NO5S/c1-7-4-12(5-9(7)11(14)15)10(13)8-2-3-18(16,17)6-8/h7-9H,2-6H2,1H3,(H,14,15)/t7-,8?,9-/m1/s1. The number of carbonyl (C=O) groups excluding carboxylic acids is 1. The lowest BCUT2D eigenvalue weighted by molar-refractivity contribution is -0.142. The lowest BCUT2D eigenvalue weighted by atomic mass is 9.99. The van der Waals surface area contributed by atoms with Crippen molar-refractivity contribution in [1.82, 2.24) is 4.90 Å². The van der Waals surface area contributed by atoms with E-state index in [0.29, 0.717) is 13.0 Å². The Morgan fingerprint density at radius 3 is 2.39 bits per heavy atom. The van der Waals surface area contributed by atoms with Crippen molar-refractivity contribution in [1.29, 1.82) is 0 Å². The smallest absolute Gasteiger partial charge is 0.308 e. The first-order valence-corrected chi connectivity index (χ1v) is 7.84. The van der Waals surface area contributed by atoms with E-state index in [1.54, 1.807) is 6.92 Å². The largest absolute Gasteiger partial charge is 0.481 e. The van der Waals surface area contributed by atoms with Crippen molar-refractivity contribution in [2.45, 2.75) is 13.3 Å². The van der Waals surface area contributed by atoms with Gasteiger partial charge in [-0.15, -0.1) is 0 Å². The van der Waals surface area contributed by atoms with Crippen LogP contribution in [0, 0.1) is 17.8 Å². The number of hydrogen-bond donors (Lipinski definition) is 1. The maximum atomic E-state index is 12.1. The zero-order valence-corrected chi connectivity index (χ0v) is 11.0. The summed E-state index contributed by atoms with van der Waals surface area (Å²) in [7, 11) is -3.08. The quantitative estimate of drug-likeness (QED) is 0.740. The number of sulfone groups is 1. The molecule has 1 unspecified atom stereocenters. The Morgan fingerprint density at radius 1 is 1.28 bits per heavy atom. The van der Waals surface area contributed by atoms with Crippen molar-refractivity contribution in [2.24, 2.45) is 17.8 Å². The summed E-state index contributed by atoms with van der Waals surface area (Å²) in [5.41, 5.74) is 0. The van der Waals surface area contributed by atoms with Crippen LogP contribution in [0.4, 0.5) is 0 Å². The Morgan fingerprint density at radius 2 is 1.94 bits per heavy atom. The number of amides is 1. The Labute approximate surface area is 106 Å². The highest BCUT2D eigenvalue weighted by Gasteiger charge is 2.41. The SMILES string of the molecule is C[C@@H]1CN(C(=O)C2CCS(=O)(=O)C2)C[C@H]1C(=O)O. The van der Waals surface area contributed by atoms with Crippen LogP contribution in [0.25, 0.3) is 0 Å². The summed E-state index contributed by atoms with van der Waals surface area (Å²) >= 11 is 0. The highest BCUT2D eigenvalue weighted by Crippen LogP contribution is 2.27. The first kappa shape index (κ1) is 13.3. The van der Waals surface area contributed by atoms with E-state index in [1.807, 2.05) is 0 Å². The maximum absolute atomic E-state index is 12.1. The van der Waals surface area contributed by atoms with Crippen molar-refractivity contribution in [3.8, 4) is 0 Å². The second-order valence-electron chi connectivity index (χ2n) is 5.27. The van der Waals surface area contributed by atoms with Crippen molar-refractivity contribution in [3.63, 3.8) is 0 Å². The Kier molecular flexibility index (Phi) is 3.35. The van der Waals surface area contributed by atoms with Crippen molar-refractivity contribution < 1.29 is 23.1 Å². The normalized spacial score (nSPS) is 34.7. The predicted molar refractivity (Wildman–Crippen MR) is 63.6 cm³/mol. The molecule has 2 aliphatic heterocycles. The molecule has 0 aliphatic carbocycles. The van der Waals surface area contributed by atoms with E-state index in [0.717, 1.165) is 0 Å². The van der Waals surface area contributed by atoms with Crippen LogP contribution in [0.1, 0.15) is 13.3 Å². The summed E-state index contributed by atoms with van der Waals surface area (Å²) in [5.74, 6) is -2.21. The average Bonchev–Trinajstić information content (AvgIpc) is 2.80. The molecule has 2 saturated heterocycles. The fourth-order valence-electron chi connectivity index (χ4n) is 2.72. The molecule has 0 aromatic rings. The molecular weight excluding hydrogens is 258 g/mol. The minimum atomic E-state index is -3.08.